The number of para-hydroxylation sites is 2. The maximum atomic E-state index is 6.37. The van der Waals surface area contributed by atoms with Crippen LogP contribution in [0.25, 0.3) is 100.0 Å². The minimum atomic E-state index is -0.299. The van der Waals surface area contributed by atoms with E-state index < -0.39 is 0 Å². The van der Waals surface area contributed by atoms with Crippen molar-refractivity contribution < 1.29 is 4.42 Å². The Kier molecular flexibility index (Phi) is 7.98. The number of hydrogen-bond donors (Lipinski definition) is 0. The molecule has 0 aliphatic heterocycles. The normalized spacial score (nSPS) is 14.4. The van der Waals surface area contributed by atoms with E-state index in [0.717, 1.165) is 66.7 Å². The molecule has 0 amide bonds. The summed E-state index contributed by atoms with van der Waals surface area (Å²) in [7, 11) is 0. The first kappa shape index (κ1) is 35.1. The Morgan fingerprint density at radius 1 is 0.393 bits per heavy atom. The van der Waals surface area contributed by atoms with Crippen LogP contribution in [0.2, 0.25) is 0 Å². The molecule has 9 aromatic carbocycles. The van der Waals surface area contributed by atoms with Gasteiger partial charge in [0, 0.05) is 38.4 Å². The van der Waals surface area contributed by atoms with E-state index in [4.69, 9.17) is 14.4 Å². The zero-order chi connectivity index (χ0) is 40.5. The van der Waals surface area contributed by atoms with Crippen LogP contribution in [-0.2, 0) is 5.41 Å². The molecule has 1 aliphatic carbocycles. The molecule has 0 fully saturated rings. The molecule has 0 spiro atoms. The smallest absolute Gasteiger partial charge is 0.160 e. The summed E-state index contributed by atoms with van der Waals surface area (Å²) in [5.74, 6) is 0.706. The molecule has 286 valence electrons. The minimum absolute atomic E-state index is 0.299. The second kappa shape index (κ2) is 13.9. The Hall–Kier alpha value is -7.88. The van der Waals surface area contributed by atoms with Gasteiger partial charge in [0.2, 0.25) is 0 Å². The largest absolute Gasteiger partial charge is 0.455 e. The standard InChI is InChI=1S/C58H38N2O/c1-58(44-16-6-3-7-17-44)50-23-10-8-19-48(50)55-49(22-13-24-51(55)58)53-36-52(59-57(60-53)39-14-4-2-5-15-39)38-28-26-37(27-29-38)40-30-31-42-35-43(33-32-41(42)34-40)45-20-12-21-47-46-18-9-11-25-54(46)61-56(45)47/h2-36H,1H3. The molecule has 2 aromatic heterocycles. The van der Waals surface area contributed by atoms with Gasteiger partial charge in [-0.2, -0.15) is 0 Å². The molecule has 3 heteroatoms. The van der Waals surface area contributed by atoms with Crippen molar-refractivity contribution in [1.29, 1.82) is 0 Å². The van der Waals surface area contributed by atoms with E-state index >= 15 is 0 Å². The van der Waals surface area contributed by atoms with Gasteiger partial charge in [0.1, 0.15) is 11.2 Å². The van der Waals surface area contributed by atoms with Gasteiger partial charge in [0.05, 0.1) is 11.4 Å². The second-order valence-corrected chi connectivity index (χ2v) is 16.2. The monoisotopic (exact) mass is 778 g/mol. The van der Waals surface area contributed by atoms with Crippen molar-refractivity contribution in [3.05, 3.63) is 229 Å². The van der Waals surface area contributed by atoms with Crippen molar-refractivity contribution in [3.63, 3.8) is 0 Å². The average Bonchev–Trinajstić information content (AvgIpc) is 3.85. The van der Waals surface area contributed by atoms with Gasteiger partial charge in [-0.25, -0.2) is 9.97 Å². The Bertz CT molecular complexity index is 3480. The summed E-state index contributed by atoms with van der Waals surface area (Å²) >= 11 is 0. The molecule has 12 rings (SSSR count). The van der Waals surface area contributed by atoms with Crippen LogP contribution in [0.5, 0.6) is 0 Å². The molecule has 11 aromatic rings. The van der Waals surface area contributed by atoms with E-state index in [0.29, 0.717) is 5.82 Å². The summed E-state index contributed by atoms with van der Waals surface area (Å²) < 4.78 is 6.37. The summed E-state index contributed by atoms with van der Waals surface area (Å²) in [4.78, 5) is 10.5. The third-order valence-corrected chi connectivity index (χ3v) is 12.8. The van der Waals surface area contributed by atoms with Crippen molar-refractivity contribution in [2.24, 2.45) is 0 Å². The Balaban J connectivity index is 0.921. The van der Waals surface area contributed by atoms with Gasteiger partial charge >= 0.3 is 0 Å². The fraction of sp³-hybridized carbons (Fsp3) is 0.0345. The fourth-order valence-corrected chi connectivity index (χ4v) is 9.69. The molecule has 1 unspecified atom stereocenters. The van der Waals surface area contributed by atoms with Crippen molar-refractivity contribution in [2.45, 2.75) is 12.3 Å². The minimum Gasteiger partial charge on any atom is -0.455 e. The molecule has 3 nitrogen and oxygen atoms in total. The maximum Gasteiger partial charge on any atom is 0.160 e. The van der Waals surface area contributed by atoms with Crippen molar-refractivity contribution in [3.8, 4) is 67.3 Å². The van der Waals surface area contributed by atoms with Crippen LogP contribution >= 0.6 is 0 Å². The van der Waals surface area contributed by atoms with Crippen molar-refractivity contribution in [2.75, 3.05) is 0 Å². The van der Waals surface area contributed by atoms with Crippen LogP contribution in [0.15, 0.2) is 217 Å². The SMILES string of the molecule is CC1(c2ccccc2)c2ccccc2-c2c(-c3cc(-c4ccc(-c5ccc6cc(-c7cccc8c7oc7ccccc78)ccc6c5)cc4)nc(-c4ccccc4)n3)cccc21. The van der Waals surface area contributed by atoms with Crippen LogP contribution in [0, 0.1) is 0 Å². The predicted octanol–water partition coefficient (Wildman–Crippen LogP) is 15.2. The Labute approximate surface area is 354 Å². The number of hydrogen-bond acceptors (Lipinski definition) is 3. The molecule has 61 heavy (non-hydrogen) atoms. The molecule has 2 heterocycles. The van der Waals surface area contributed by atoms with E-state index in [1.807, 2.05) is 30.3 Å². The molecule has 1 aliphatic rings. The average molecular weight is 779 g/mol. The van der Waals surface area contributed by atoms with Crippen molar-refractivity contribution in [1.82, 2.24) is 9.97 Å². The quantitative estimate of drug-likeness (QED) is 0.169. The van der Waals surface area contributed by atoms with Crippen LogP contribution < -0.4 is 0 Å². The molecule has 0 bridgehead atoms. The molecular formula is C58H38N2O. The highest BCUT2D eigenvalue weighted by Gasteiger charge is 2.41. The maximum absolute atomic E-state index is 6.37. The molecule has 0 saturated heterocycles. The Morgan fingerprint density at radius 3 is 1.82 bits per heavy atom. The highest BCUT2D eigenvalue weighted by molar-refractivity contribution is 6.10. The van der Waals surface area contributed by atoms with Gasteiger partial charge in [0.25, 0.3) is 0 Å². The number of aromatic nitrogens is 2. The van der Waals surface area contributed by atoms with Crippen LogP contribution in [0.3, 0.4) is 0 Å². The van der Waals surface area contributed by atoms with E-state index in [-0.39, 0.29) is 5.41 Å². The number of fused-ring (bicyclic) bond motifs is 7. The summed E-state index contributed by atoms with van der Waals surface area (Å²) in [5, 5.41) is 4.66. The zero-order valence-corrected chi connectivity index (χ0v) is 33.5. The summed E-state index contributed by atoms with van der Waals surface area (Å²) in [6.45, 7) is 2.36. The van der Waals surface area contributed by atoms with E-state index in [9.17, 15) is 0 Å². The fourth-order valence-electron chi connectivity index (χ4n) is 9.69. The van der Waals surface area contributed by atoms with Gasteiger partial charge in [-0.1, -0.05) is 188 Å². The molecule has 0 N–H and O–H groups in total. The second-order valence-electron chi connectivity index (χ2n) is 16.2. The van der Waals surface area contributed by atoms with Crippen LogP contribution in [0.4, 0.5) is 0 Å². The lowest BCUT2D eigenvalue weighted by Crippen LogP contribution is -2.22. The van der Waals surface area contributed by atoms with Gasteiger partial charge in [-0.05, 0) is 86.5 Å². The van der Waals surface area contributed by atoms with Crippen molar-refractivity contribution >= 4 is 32.7 Å². The first-order valence-electron chi connectivity index (χ1n) is 20.9. The lowest BCUT2D eigenvalue weighted by atomic mass is 9.74. The van der Waals surface area contributed by atoms with Gasteiger partial charge in [-0.3, -0.25) is 0 Å². The predicted molar refractivity (Wildman–Crippen MR) is 251 cm³/mol. The van der Waals surface area contributed by atoms with Gasteiger partial charge < -0.3 is 4.42 Å². The van der Waals surface area contributed by atoms with Crippen LogP contribution in [0.1, 0.15) is 23.6 Å². The first-order chi connectivity index (χ1) is 30.1. The number of furan rings is 1. The van der Waals surface area contributed by atoms with E-state index in [1.165, 1.54) is 44.2 Å². The number of rotatable bonds is 6. The Morgan fingerprint density at radius 2 is 0.984 bits per heavy atom. The van der Waals surface area contributed by atoms with E-state index in [1.54, 1.807) is 0 Å². The molecule has 0 radical (unpaired) electrons. The lowest BCUT2D eigenvalue weighted by Gasteiger charge is -2.28. The van der Waals surface area contributed by atoms with E-state index in [2.05, 4.69) is 189 Å². The molecule has 1 atom stereocenters. The topological polar surface area (TPSA) is 38.9 Å². The van der Waals surface area contributed by atoms with Gasteiger partial charge in [-0.15, -0.1) is 0 Å². The molecular weight excluding hydrogens is 741 g/mol. The summed E-state index contributed by atoms with van der Waals surface area (Å²) in [5.41, 5.74) is 17.4. The third kappa shape index (κ3) is 5.66. The third-order valence-electron chi connectivity index (χ3n) is 12.8. The van der Waals surface area contributed by atoms with Crippen LogP contribution in [-0.4, -0.2) is 9.97 Å². The highest BCUT2D eigenvalue weighted by Crippen LogP contribution is 2.55. The highest BCUT2D eigenvalue weighted by atomic mass is 16.3. The first-order valence-corrected chi connectivity index (χ1v) is 20.9. The summed E-state index contributed by atoms with van der Waals surface area (Å²) in [6, 6.07) is 75.8. The molecule has 0 saturated carbocycles. The van der Waals surface area contributed by atoms with Gasteiger partial charge in [0.15, 0.2) is 5.82 Å². The number of nitrogens with zero attached hydrogens (tertiary/aromatic N) is 2. The lowest BCUT2D eigenvalue weighted by molar-refractivity contribution is 0.670. The number of benzene rings is 9. The summed E-state index contributed by atoms with van der Waals surface area (Å²) in [6.07, 6.45) is 0. The zero-order valence-electron chi connectivity index (χ0n) is 33.5.